The van der Waals surface area contributed by atoms with E-state index >= 15 is 0 Å². The number of nitrogens with one attached hydrogen (secondary N) is 1. The Labute approximate surface area is 179 Å². The fourth-order valence-electron chi connectivity index (χ4n) is 2.37. The lowest BCUT2D eigenvalue weighted by Crippen LogP contribution is -2.14. The van der Waals surface area contributed by atoms with Crippen molar-refractivity contribution in [1.82, 2.24) is 5.16 Å². The third kappa shape index (κ3) is 3.95. The summed E-state index contributed by atoms with van der Waals surface area (Å²) in [4.78, 5) is 24.8. The first-order chi connectivity index (χ1) is 13.3. The van der Waals surface area contributed by atoms with Crippen LogP contribution in [0.25, 0.3) is 11.3 Å². The van der Waals surface area contributed by atoms with E-state index in [2.05, 4.69) is 10.5 Å². The van der Waals surface area contributed by atoms with Crippen LogP contribution in [0.1, 0.15) is 20.7 Å². The molecule has 1 aromatic heterocycles. The molecule has 0 aliphatic rings. The Morgan fingerprint density at radius 3 is 2.29 bits per heavy atom. The molecule has 144 valence electrons. The van der Waals surface area contributed by atoms with E-state index in [9.17, 15) is 9.59 Å². The van der Waals surface area contributed by atoms with Crippen LogP contribution in [0.15, 0.2) is 40.9 Å². The van der Waals surface area contributed by atoms with E-state index in [0.717, 1.165) is 0 Å². The molecule has 1 amide bonds. The van der Waals surface area contributed by atoms with Gasteiger partial charge >= 0.3 is 5.97 Å². The molecule has 0 saturated carbocycles. The average Bonchev–Trinajstić information content (AvgIpc) is 3.06. The normalized spacial score (nSPS) is 10.6. The Hall–Kier alpha value is -2.25. The number of hydrogen-bond acceptors (Lipinski definition) is 5. The van der Waals surface area contributed by atoms with Crippen molar-refractivity contribution in [2.45, 2.75) is 0 Å². The van der Waals surface area contributed by atoms with Gasteiger partial charge in [-0.15, -0.1) is 0 Å². The number of ether oxygens (including phenoxy) is 1. The smallest absolute Gasteiger partial charge is 0.345 e. The minimum absolute atomic E-state index is 0.0342. The molecule has 0 radical (unpaired) electrons. The Morgan fingerprint density at radius 1 is 1.00 bits per heavy atom. The summed E-state index contributed by atoms with van der Waals surface area (Å²) in [5, 5.41) is 7.29. The Morgan fingerprint density at radius 2 is 1.68 bits per heavy atom. The third-order valence-electron chi connectivity index (χ3n) is 3.69. The van der Waals surface area contributed by atoms with Gasteiger partial charge < -0.3 is 9.26 Å². The van der Waals surface area contributed by atoms with Gasteiger partial charge in [0, 0.05) is 11.1 Å². The number of nitrogens with zero attached hydrogens (tertiary/aromatic N) is 1. The summed E-state index contributed by atoms with van der Waals surface area (Å²) in [5.74, 6) is -1.62. The molecular weight excluding hydrogens is 450 g/mol. The second-order valence-corrected chi connectivity index (χ2v) is 7.04. The van der Waals surface area contributed by atoms with Gasteiger partial charge in [-0.2, -0.15) is 0 Å². The highest BCUT2D eigenvalue weighted by atomic mass is 35.5. The molecular formula is C18H10Cl4N2O4. The number of hydrogen-bond donors (Lipinski definition) is 1. The average molecular weight is 460 g/mol. The zero-order chi connectivity index (χ0) is 20.4. The van der Waals surface area contributed by atoms with E-state index in [4.69, 9.17) is 55.7 Å². The van der Waals surface area contributed by atoms with Gasteiger partial charge in [-0.3, -0.25) is 10.1 Å². The molecule has 1 N–H and O–H groups in total. The SMILES string of the molecule is COC(=O)c1c(-c2c(Cl)cccc2Cl)noc1NC(=O)c1ccc(Cl)c(Cl)c1. The lowest BCUT2D eigenvalue weighted by Gasteiger charge is -2.07. The van der Waals surface area contributed by atoms with Crippen molar-refractivity contribution in [1.29, 1.82) is 0 Å². The number of methoxy groups -OCH3 is 1. The maximum atomic E-state index is 12.5. The number of carbonyl (C=O) groups is 2. The Bertz CT molecular complexity index is 1060. The van der Waals surface area contributed by atoms with Crippen LogP contribution in [0.4, 0.5) is 5.88 Å². The second kappa shape index (κ2) is 8.41. The zero-order valence-electron chi connectivity index (χ0n) is 14.1. The van der Waals surface area contributed by atoms with Crippen LogP contribution in [-0.2, 0) is 4.74 Å². The number of anilines is 1. The van der Waals surface area contributed by atoms with E-state index < -0.39 is 11.9 Å². The standard InChI is InChI=1S/C18H10Cl4N2O4/c1-27-18(26)14-15(13-10(20)3-2-4-11(13)21)24-28-17(14)23-16(25)8-5-6-9(19)12(22)7-8/h2-7H,1H3,(H,23,25). The summed E-state index contributed by atoms with van der Waals surface area (Å²) < 4.78 is 9.95. The quantitative estimate of drug-likeness (QED) is 0.484. The van der Waals surface area contributed by atoms with Gasteiger partial charge in [0.25, 0.3) is 5.91 Å². The molecule has 6 nitrogen and oxygen atoms in total. The predicted octanol–water partition coefficient (Wildman–Crippen LogP) is 5.99. The summed E-state index contributed by atoms with van der Waals surface area (Å²) in [5.41, 5.74) is 0.363. The largest absolute Gasteiger partial charge is 0.465 e. The highest BCUT2D eigenvalue weighted by molar-refractivity contribution is 6.42. The van der Waals surface area contributed by atoms with Crippen molar-refractivity contribution in [2.24, 2.45) is 0 Å². The molecule has 3 aromatic rings. The number of rotatable bonds is 4. The summed E-state index contributed by atoms with van der Waals surface area (Å²) in [7, 11) is 1.18. The maximum absolute atomic E-state index is 12.5. The molecule has 0 aliphatic carbocycles. The Balaban J connectivity index is 2.05. The second-order valence-electron chi connectivity index (χ2n) is 5.41. The van der Waals surface area contributed by atoms with Crippen LogP contribution in [0, 0.1) is 0 Å². The molecule has 0 bridgehead atoms. The zero-order valence-corrected chi connectivity index (χ0v) is 17.1. The maximum Gasteiger partial charge on any atom is 0.345 e. The van der Waals surface area contributed by atoms with Crippen LogP contribution in [0.5, 0.6) is 0 Å². The van der Waals surface area contributed by atoms with Gasteiger partial charge in [0.1, 0.15) is 5.69 Å². The number of esters is 1. The molecule has 0 unspecified atom stereocenters. The topological polar surface area (TPSA) is 81.4 Å². The van der Waals surface area contributed by atoms with Crippen molar-refractivity contribution < 1.29 is 18.8 Å². The third-order valence-corrected chi connectivity index (χ3v) is 5.06. The minimum atomic E-state index is -0.795. The van der Waals surface area contributed by atoms with Crippen LogP contribution in [-0.4, -0.2) is 24.1 Å². The predicted molar refractivity (Wildman–Crippen MR) is 108 cm³/mol. The number of benzene rings is 2. The summed E-state index contributed by atoms with van der Waals surface area (Å²) in [6.07, 6.45) is 0. The van der Waals surface area contributed by atoms with Crippen LogP contribution < -0.4 is 5.32 Å². The number of carbonyl (C=O) groups excluding carboxylic acids is 2. The lowest BCUT2D eigenvalue weighted by atomic mass is 10.1. The van der Waals surface area contributed by atoms with Gasteiger partial charge in [-0.25, -0.2) is 4.79 Å². The van der Waals surface area contributed by atoms with E-state index in [1.54, 1.807) is 18.2 Å². The number of amides is 1. The van der Waals surface area contributed by atoms with Crippen molar-refractivity contribution in [3.63, 3.8) is 0 Å². The van der Waals surface area contributed by atoms with Crippen molar-refractivity contribution in [3.05, 3.63) is 67.6 Å². The first-order valence-electron chi connectivity index (χ1n) is 7.62. The first-order valence-corrected chi connectivity index (χ1v) is 9.13. The lowest BCUT2D eigenvalue weighted by molar-refractivity contribution is 0.0602. The van der Waals surface area contributed by atoms with Gasteiger partial charge in [-0.1, -0.05) is 57.6 Å². The van der Waals surface area contributed by atoms with Gasteiger partial charge in [-0.05, 0) is 30.3 Å². The van der Waals surface area contributed by atoms with Crippen LogP contribution >= 0.6 is 46.4 Å². The monoisotopic (exact) mass is 458 g/mol. The molecule has 28 heavy (non-hydrogen) atoms. The first kappa shape index (κ1) is 20.5. The number of aromatic nitrogens is 1. The van der Waals surface area contributed by atoms with Crippen LogP contribution in [0.2, 0.25) is 20.1 Å². The summed E-state index contributed by atoms with van der Waals surface area (Å²) in [6, 6.07) is 9.09. The van der Waals surface area contributed by atoms with E-state index in [0.29, 0.717) is 5.02 Å². The van der Waals surface area contributed by atoms with Crippen molar-refractivity contribution >= 4 is 64.2 Å². The Kier molecular flexibility index (Phi) is 6.15. The van der Waals surface area contributed by atoms with Crippen LogP contribution in [0.3, 0.4) is 0 Å². The molecule has 0 atom stereocenters. The molecule has 1 heterocycles. The molecule has 3 rings (SSSR count). The molecule has 0 fully saturated rings. The van der Waals surface area contributed by atoms with Gasteiger partial charge in [0.05, 0.1) is 27.2 Å². The molecule has 10 heteroatoms. The van der Waals surface area contributed by atoms with E-state index in [1.807, 2.05) is 0 Å². The van der Waals surface area contributed by atoms with E-state index in [1.165, 1.54) is 25.3 Å². The van der Waals surface area contributed by atoms with Crippen molar-refractivity contribution in [3.8, 4) is 11.3 Å². The fraction of sp³-hybridized carbons (Fsp3) is 0.0556. The summed E-state index contributed by atoms with van der Waals surface area (Å²) >= 11 is 24.2. The molecule has 0 spiro atoms. The highest BCUT2D eigenvalue weighted by Gasteiger charge is 2.29. The minimum Gasteiger partial charge on any atom is -0.465 e. The number of halogens is 4. The van der Waals surface area contributed by atoms with Gasteiger partial charge in [0.2, 0.25) is 5.88 Å². The highest BCUT2D eigenvalue weighted by Crippen LogP contribution is 2.38. The van der Waals surface area contributed by atoms with Gasteiger partial charge in [0.15, 0.2) is 5.56 Å². The van der Waals surface area contributed by atoms with E-state index in [-0.39, 0.29) is 43.3 Å². The molecule has 0 aliphatic heterocycles. The molecule has 0 saturated heterocycles. The van der Waals surface area contributed by atoms with Crippen molar-refractivity contribution in [2.75, 3.05) is 12.4 Å². The summed E-state index contributed by atoms with van der Waals surface area (Å²) in [6.45, 7) is 0. The molecule has 2 aromatic carbocycles. The fourth-order valence-corrected chi connectivity index (χ4v) is 3.25.